The summed E-state index contributed by atoms with van der Waals surface area (Å²) in [7, 11) is 0. The van der Waals surface area contributed by atoms with Gasteiger partial charge in [0.05, 0.1) is 0 Å². The fourth-order valence-corrected chi connectivity index (χ4v) is 3.86. The van der Waals surface area contributed by atoms with Crippen LogP contribution >= 0.6 is 0 Å². The first-order chi connectivity index (χ1) is 8.90. The van der Waals surface area contributed by atoms with Crippen LogP contribution in [0.15, 0.2) is 0 Å². The molecule has 2 fully saturated rings. The molecule has 0 aromatic carbocycles. The Bertz CT molecular complexity index is 321. The molecule has 0 aromatic heterocycles. The maximum Gasteiger partial charge on any atom is 0.142 e. The molecule has 0 bridgehead atoms. The van der Waals surface area contributed by atoms with Crippen LogP contribution in [0.4, 0.5) is 0 Å². The monoisotopic (exact) mass is 265 g/mol. The Balaban J connectivity index is 1.85. The summed E-state index contributed by atoms with van der Waals surface area (Å²) in [6.45, 7) is 12.4. The molecular weight excluding hydrogens is 234 g/mol. The van der Waals surface area contributed by atoms with Crippen LogP contribution in [0.25, 0.3) is 0 Å². The number of ketones is 1. The fraction of sp³-hybridized carbons (Fsp3) is 0.941. The molecule has 0 radical (unpaired) electrons. The van der Waals surface area contributed by atoms with Gasteiger partial charge in [-0.3, -0.25) is 4.79 Å². The number of rotatable bonds is 3. The summed E-state index contributed by atoms with van der Waals surface area (Å²) in [6.07, 6.45) is 6.20. The summed E-state index contributed by atoms with van der Waals surface area (Å²) >= 11 is 0. The van der Waals surface area contributed by atoms with E-state index in [0.717, 1.165) is 31.2 Å². The third-order valence-electron chi connectivity index (χ3n) is 5.44. The van der Waals surface area contributed by atoms with Crippen molar-refractivity contribution in [3.05, 3.63) is 0 Å². The molecule has 1 heterocycles. The first-order valence-electron chi connectivity index (χ1n) is 8.17. The molecule has 2 heteroatoms. The molecule has 2 unspecified atom stereocenters. The van der Waals surface area contributed by atoms with Gasteiger partial charge in [0.15, 0.2) is 0 Å². The van der Waals surface area contributed by atoms with Gasteiger partial charge in [-0.1, -0.05) is 27.7 Å². The van der Waals surface area contributed by atoms with Gasteiger partial charge in [-0.25, -0.2) is 0 Å². The van der Waals surface area contributed by atoms with Crippen molar-refractivity contribution in [1.82, 2.24) is 4.90 Å². The van der Waals surface area contributed by atoms with Crippen molar-refractivity contribution < 1.29 is 4.79 Å². The van der Waals surface area contributed by atoms with E-state index in [4.69, 9.17) is 0 Å². The maximum atomic E-state index is 12.3. The summed E-state index contributed by atoms with van der Waals surface area (Å²) < 4.78 is 0. The van der Waals surface area contributed by atoms with E-state index in [0.29, 0.717) is 11.7 Å². The van der Waals surface area contributed by atoms with Crippen molar-refractivity contribution in [2.24, 2.45) is 23.2 Å². The van der Waals surface area contributed by atoms with Crippen LogP contribution in [0.5, 0.6) is 0 Å². The number of carbonyl (C=O) groups is 1. The third-order valence-corrected chi connectivity index (χ3v) is 5.44. The molecule has 1 aliphatic carbocycles. The zero-order valence-electron chi connectivity index (χ0n) is 13.2. The summed E-state index contributed by atoms with van der Waals surface area (Å²) in [5, 5.41) is 0. The molecule has 1 saturated heterocycles. The molecule has 2 aliphatic rings. The van der Waals surface area contributed by atoms with Gasteiger partial charge in [-0.05, 0) is 57.0 Å². The number of hydrogen-bond donors (Lipinski definition) is 0. The lowest BCUT2D eigenvalue weighted by molar-refractivity contribution is -0.127. The van der Waals surface area contributed by atoms with Crippen LogP contribution in [-0.2, 0) is 4.79 Å². The highest BCUT2D eigenvalue weighted by molar-refractivity contribution is 5.88. The minimum absolute atomic E-state index is 0.0585. The normalized spacial score (nSPS) is 32.8. The second kappa shape index (κ2) is 5.95. The minimum Gasteiger partial charge on any atom is -0.303 e. The molecule has 0 aromatic rings. The molecular formula is C17H31NO. The molecule has 0 spiro atoms. The van der Waals surface area contributed by atoms with Crippen molar-refractivity contribution in [3.63, 3.8) is 0 Å². The van der Waals surface area contributed by atoms with E-state index in [-0.39, 0.29) is 5.41 Å². The Morgan fingerprint density at radius 3 is 2.53 bits per heavy atom. The van der Waals surface area contributed by atoms with Gasteiger partial charge in [0.2, 0.25) is 0 Å². The number of carbonyl (C=O) groups excluding carboxylic acids is 1. The number of likely N-dealkylation sites (tertiary alicyclic amines) is 1. The average molecular weight is 265 g/mol. The van der Waals surface area contributed by atoms with Crippen LogP contribution in [0.1, 0.15) is 59.8 Å². The van der Waals surface area contributed by atoms with Gasteiger partial charge in [-0.2, -0.15) is 0 Å². The number of Topliss-reactive ketones (excluding diaryl/α,β-unsaturated/α-hetero) is 1. The van der Waals surface area contributed by atoms with Gasteiger partial charge < -0.3 is 4.90 Å². The van der Waals surface area contributed by atoms with Crippen molar-refractivity contribution >= 4 is 5.78 Å². The molecule has 1 saturated carbocycles. The van der Waals surface area contributed by atoms with Gasteiger partial charge in [0, 0.05) is 17.9 Å². The summed E-state index contributed by atoms with van der Waals surface area (Å²) in [4.78, 5) is 14.9. The van der Waals surface area contributed by atoms with Crippen LogP contribution in [0.2, 0.25) is 0 Å². The lowest BCUT2D eigenvalue weighted by Crippen LogP contribution is -2.34. The number of nitrogens with zero attached hydrogens (tertiary/aromatic N) is 1. The summed E-state index contributed by atoms with van der Waals surface area (Å²) in [6, 6.07) is 0. The average Bonchev–Trinajstić information content (AvgIpc) is 2.57. The van der Waals surface area contributed by atoms with E-state index in [2.05, 4.69) is 32.6 Å². The second-order valence-corrected chi connectivity index (χ2v) is 7.72. The molecule has 110 valence electrons. The second-order valence-electron chi connectivity index (χ2n) is 7.72. The van der Waals surface area contributed by atoms with Gasteiger partial charge in [0.25, 0.3) is 0 Å². The van der Waals surface area contributed by atoms with Gasteiger partial charge in [-0.15, -0.1) is 0 Å². The third kappa shape index (κ3) is 3.59. The molecule has 0 amide bonds. The largest absolute Gasteiger partial charge is 0.303 e. The van der Waals surface area contributed by atoms with E-state index < -0.39 is 0 Å². The Hall–Kier alpha value is -0.370. The molecule has 2 atom stereocenters. The van der Waals surface area contributed by atoms with E-state index in [1.807, 2.05) is 0 Å². The highest BCUT2D eigenvalue weighted by atomic mass is 16.1. The summed E-state index contributed by atoms with van der Waals surface area (Å²) in [5.74, 6) is 2.52. The predicted octanol–water partition coefficient (Wildman–Crippen LogP) is 3.75. The molecule has 19 heavy (non-hydrogen) atoms. The molecule has 2 rings (SSSR count). The topological polar surface area (TPSA) is 20.3 Å². The van der Waals surface area contributed by atoms with Crippen molar-refractivity contribution in [1.29, 1.82) is 0 Å². The van der Waals surface area contributed by atoms with E-state index in [1.165, 1.54) is 32.4 Å². The predicted molar refractivity (Wildman–Crippen MR) is 80.1 cm³/mol. The Labute approximate surface area is 118 Å². The Morgan fingerprint density at radius 1 is 1.21 bits per heavy atom. The van der Waals surface area contributed by atoms with Crippen LogP contribution in [0, 0.1) is 23.2 Å². The first kappa shape index (κ1) is 15.0. The standard InChI is InChI=1S/C17H31NO/c1-13(2)14-6-5-10-18(11-8-14)12-15-7-9-17(3,4)16(15)19/h13-15H,5-12H2,1-4H3. The van der Waals surface area contributed by atoms with Crippen molar-refractivity contribution in [3.8, 4) is 0 Å². The van der Waals surface area contributed by atoms with Gasteiger partial charge in [0.1, 0.15) is 5.78 Å². The molecule has 1 aliphatic heterocycles. The quantitative estimate of drug-likeness (QED) is 0.774. The first-order valence-corrected chi connectivity index (χ1v) is 8.17. The Kier molecular flexibility index (Phi) is 4.70. The van der Waals surface area contributed by atoms with E-state index >= 15 is 0 Å². The summed E-state index contributed by atoms with van der Waals surface area (Å²) in [5.41, 5.74) is -0.0585. The van der Waals surface area contributed by atoms with E-state index in [9.17, 15) is 4.79 Å². The van der Waals surface area contributed by atoms with Crippen molar-refractivity contribution in [2.45, 2.75) is 59.8 Å². The van der Waals surface area contributed by atoms with Crippen LogP contribution < -0.4 is 0 Å². The van der Waals surface area contributed by atoms with Crippen LogP contribution in [-0.4, -0.2) is 30.3 Å². The molecule has 2 nitrogen and oxygen atoms in total. The zero-order chi connectivity index (χ0) is 14.0. The molecule has 0 N–H and O–H groups in total. The van der Waals surface area contributed by atoms with E-state index in [1.54, 1.807) is 0 Å². The Morgan fingerprint density at radius 2 is 1.95 bits per heavy atom. The lowest BCUT2D eigenvalue weighted by Gasteiger charge is -2.24. The highest BCUT2D eigenvalue weighted by Crippen LogP contribution is 2.38. The minimum atomic E-state index is -0.0585. The number of hydrogen-bond acceptors (Lipinski definition) is 2. The zero-order valence-corrected chi connectivity index (χ0v) is 13.2. The lowest BCUT2D eigenvalue weighted by atomic mass is 9.89. The SMILES string of the molecule is CC(C)C1CCCN(CC2CCC(C)(C)C2=O)CC1. The maximum absolute atomic E-state index is 12.3. The van der Waals surface area contributed by atoms with Crippen molar-refractivity contribution in [2.75, 3.05) is 19.6 Å². The smallest absolute Gasteiger partial charge is 0.142 e. The highest BCUT2D eigenvalue weighted by Gasteiger charge is 2.40. The van der Waals surface area contributed by atoms with Crippen LogP contribution in [0.3, 0.4) is 0 Å². The fourth-order valence-electron chi connectivity index (χ4n) is 3.86. The van der Waals surface area contributed by atoms with Gasteiger partial charge >= 0.3 is 0 Å².